The van der Waals surface area contributed by atoms with Crippen LogP contribution in [-0.2, 0) is 10.0 Å². The van der Waals surface area contributed by atoms with Crippen LogP contribution in [0.3, 0.4) is 0 Å². The second kappa shape index (κ2) is 5.16. The summed E-state index contributed by atoms with van der Waals surface area (Å²) in [6, 6.07) is 9.99. The minimum Gasteiger partial charge on any atom is -0.495 e. The number of methoxy groups -OCH3 is 1. The minimum absolute atomic E-state index is 0.215. The Morgan fingerprint density at radius 1 is 1.24 bits per heavy atom. The van der Waals surface area contributed by atoms with Gasteiger partial charge in [0, 0.05) is 16.1 Å². The van der Waals surface area contributed by atoms with Crippen molar-refractivity contribution in [2.75, 3.05) is 7.11 Å². The standard InChI is InChI=1S/C14H11BrN2O3S/c1-20-10-7-12-13(15)9-17(14(12)16-8-10)21(18,19)11-5-3-2-4-6-11/h2-9H,1H3. The van der Waals surface area contributed by atoms with Gasteiger partial charge in [-0.1, -0.05) is 18.2 Å². The molecular weight excluding hydrogens is 356 g/mol. The molecule has 0 atom stereocenters. The molecule has 0 unspecified atom stereocenters. The van der Waals surface area contributed by atoms with Gasteiger partial charge in [-0.25, -0.2) is 17.4 Å². The Kier molecular flexibility index (Phi) is 3.46. The Morgan fingerprint density at radius 3 is 2.62 bits per heavy atom. The summed E-state index contributed by atoms with van der Waals surface area (Å²) in [5.74, 6) is 0.568. The van der Waals surface area contributed by atoms with E-state index in [1.165, 1.54) is 23.5 Å². The summed E-state index contributed by atoms with van der Waals surface area (Å²) < 4.78 is 32.3. The third kappa shape index (κ3) is 2.32. The SMILES string of the molecule is COc1cnc2c(c1)c(Br)cn2S(=O)(=O)c1ccccc1. The lowest BCUT2D eigenvalue weighted by molar-refractivity contribution is 0.413. The third-order valence-electron chi connectivity index (χ3n) is 3.07. The van der Waals surface area contributed by atoms with E-state index >= 15 is 0 Å². The molecule has 21 heavy (non-hydrogen) atoms. The summed E-state index contributed by atoms with van der Waals surface area (Å²) in [5, 5.41) is 0.675. The Balaban J connectivity index is 2.27. The molecule has 2 heterocycles. The molecule has 0 N–H and O–H groups in total. The van der Waals surface area contributed by atoms with E-state index in [2.05, 4.69) is 20.9 Å². The first-order valence-corrected chi connectivity index (χ1v) is 8.28. The highest BCUT2D eigenvalue weighted by Gasteiger charge is 2.21. The zero-order valence-corrected chi connectivity index (χ0v) is 13.4. The molecule has 0 aliphatic carbocycles. The van der Waals surface area contributed by atoms with E-state index in [0.717, 1.165) is 0 Å². The van der Waals surface area contributed by atoms with E-state index < -0.39 is 10.0 Å². The predicted molar refractivity (Wildman–Crippen MR) is 83.0 cm³/mol. The van der Waals surface area contributed by atoms with Gasteiger partial charge in [0.25, 0.3) is 10.0 Å². The van der Waals surface area contributed by atoms with Gasteiger partial charge in [-0.05, 0) is 34.1 Å². The first-order chi connectivity index (χ1) is 10.0. The first kappa shape index (κ1) is 14.1. The van der Waals surface area contributed by atoms with E-state index in [9.17, 15) is 8.42 Å². The highest BCUT2D eigenvalue weighted by atomic mass is 79.9. The molecule has 1 aromatic carbocycles. The van der Waals surface area contributed by atoms with Crippen LogP contribution in [0.1, 0.15) is 0 Å². The molecule has 2 aromatic heterocycles. The van der Waals surface area contributed by atoms with Crippen molar-refractivity contribution < 1.29 is 13.2 Å². The largest absolute Gasteiger partial charge is 0.495 e. The number of hydrogen-bond donors (Lipinski definition) is 0. The Bertz CT molecular complexity index is 905. The summed E-state index contributed by atoms with van der Waals surface area (Å²) in [4.78, 5) is 4.41. The fourth-order valence-corrected chi connectivity index (χ4v) is 4.00. The van der Waals surface area contributed by atoms with Crippen molar-refractivity contribution in [2.24, 2.45) is 0 Å². The molecule has 0 radical (unpaired) electrons. The molecular formula is C14H11BrN2O3S. The molecule has 5 nitrogen and oxygen atoms in total. The maximum absolute atomic E-state index is 12.7. The summed E-state index contributed by atoms with van der Waals surface area (Å²) in [7, 11) is -2.14. The highest BCUT2D eigenvalue weighted by molar-refractivity contribution is 9.10. The van der Waals surface area contributed by atoms with Crippen molar-refractivity contribution >= 4 is 37.0 Å². The average molecular weight is 367 g/mol. The second-order valence-electron chi connectivity index (χ2n) is 4.34. The van der Waals surface area contributed by atoms with Crippen LogP contribution in [0.5, 0.6) is 5.75 Å². The molecule has 0 saturated heterocycles. The maximum Gasteiger partial charge on any atom is 0.269 e. The molecule has 3 aromatic rings. The lowest BCUT2D eigenvalue weighted by Gasteiger charge is -2.06. The van der Waals surface area contributed by atoms with Gasteiger partial charge in [0.05, 0.1) is 18.2 Å². The fraction of sp³-hybridized carbons (Fsp3) is 0.0714. The molecule has 108 valence electrons. The monoisotopic (exact) mass is 366 g/mol. The van der Waals surface area contributed by atoms with Crippen LogP contribution >= 0.6 is 15.9 Å². The maximum atomic E-state index is 12.7. The van der Waals surface area contributed by atoms with Gasteiger partial charge in [-0.15, -0.1) is 0 Å². The van der Waals surface area contributed by atoms with Gasteiger partial charge < -0.3 is 4.74 Å². The van der Waals surface area contributed by atoms with Crippen LogP contribution in [0.2, 0.25) is 0 Å². The Morgan fingerprint density at radius 2 is 1.95 bits per heavy atom. The molecule has 0 bridgehead atoms. The lowest BCUT2D eigenvalue weighted by Crippen LogP contribution is -2.12. The fourth-order valence-electron chi connectivity index (χ4n) is 2.02. The first-order valence-electron chi connectivity index (χ1n) is 6.05. The van der Waals surface area contributed by atoms with Gasteiger partial charge in [-0.3, -0.25) is 0 Å². The van der Waals surface area contributed by atoms with Crippen LogP contribution in [-0.4, -0.2) is 24.5 Å². The predicted octanol–water partition coefficient (Wildman–Crippen LogP) is 3.04. The number of benzene rings is 1. The summed E-state index contributed by atoms with van der Waals surface area (Å²) >= 11 is 3.37. The zero-order valence-electron chi connectivity index (χ0n) is 11.0. The summed E-state index contributed by atoms with van der Waals surface area (Å²) in [5.41, 5.74) is 0.353. The molecule has 0 fully saturated rings. The molecule has 7 heteroatoms. The van der Waals surface area contributed by atoms with Crippen molar-refractivity contribution in [3.05, 3.63) is 53.3 Å². The second-order valence-corrected chi connectivity index (χ2v) is 7.01. The highest BCUT2D eigenvalue weighted by Crippen LogP contribution is 2.30. The van der Waals surface area contributed by atoms with Crippen LogP contribution in [0, 0.1) is 0 Å². The number of pyridine rings is 1. The van der Waals surface area contributed by atoms with E-state index in [4.69, 9.17) is 4.74 Å². The van der Waals surface area contributed by atoms with E-state index in [1.807, 2.05) is 0 Å². The smallest absolute Gasteiger partial charge is 0.269 e. The number of rotatable bonds is 3. The van der Waals surface area contributed by atoms with Crippen LogP contribution in [0.15, 0.2) is 58.2 Å². The Labute approximate surface area is 130 Å². The molecule has 0 amide bonds. The third-order valence-corrected chi connectivity index (χ3v) is 5.37. The molecule has 0 aliphatic rings. The Hall–Kier alpha value is -1.86. The van der Waals surface area contributed by atoms with E-state index in [1.54, 1.807) is 36.4 Å². The number of aromatic nitrogens is 2. The van der Waals surface area contributed by atoms with Crippen molar-refractivity contribution in [2.45, 2.75) is 4.90 Å². The molecule has 0 spiro atoms. The lowest BCUT2D eigenvalue weighted by atomic mass is 10.3. The van der Waals surface area contributed by atoms with Gasteiger partial charge in [0.1, 0.15) is 5.75 Å². The topological polar surface area (TPSA) is 61.2 Å². The molecule has 0 saturated carbocycles. The number of halogens is 1. The zero-order chi connectivity index (χ0) is 15.0. The summed E-state index contributed by atoms with van der Waals surface area (Å²) in [6.07, 6.45) is 2.99. The summed E-state index contributed by atoms with van der Waals surface area (Å²) in [6.45, 7) is 0. The van der Waals surface area contributed by atoms with Crippen LogP contribution < -0.4 is 4.74 Å². The van der Waals surface area contributed by atoms with Crippen molar-refractivity contribution in [3.63, 3.8) is 0 Å². The number of fused-ring (bicyclic) bond motifs is 1. The van der Waals surface area contributed by atoms with E-state index in [-0.39, 0.29) is 4.90 Å². The van der Waals surface area contributed by atoms with Crippen molar-refractivity contribution in [1.82, 2.24) is 8.96 Å². The van der Waals surface area contributed by atoms with E-state index in [0.29, 0.717) is 21.3 Å². The minimum atomic E-state index is -3.68. The van der Waals surface area contributed by atoms with Crippen LogP contribution in [0.4, 0.5) is 0 Å². The van der Waals surface area contributed by atoms with Gasteiger partial charge >= 0.3 is 0 Å². The molecule has 3 rings (SSSR count). The van der Waals surface area contributed by atoms with Gasteiger partial charge in [-0.2, -0.15) is 0 Å². The normalized spacial score (nSPS) is 11.7. The van der Waals surface area contributed by atoms with Crippen LogP contribution in [0.25, 0.3) is 11.0 Å². The quantitative estimate of drug-likeness (QED) is 0.714. The van der Waals surface area contributed by atoms with Gasteiger partial charge in [0.15, 0.2) is 5.65 Å². The molecule has 0 aliphatic heterocycles. The average Bonchev–Trinajstić information content (AvgIpc) is 2.85. The van der Waals surface area contributed by atoms with Crippen molar-refractivity contribution in [3.8, 4) is 5.75 Å². The number of nitrogens with zero attached hydrogens (tertiary/aromatic N) is 2. The van der Waals surface area contributed by atoms with Gasteiger partial charge in [0.2, 0.25) is 0 Å². The number of ether oxygens (including phenoxy) is 1. The van der Waals surface area contributed by atoms with Crippen molar-refractivity contribution in [1.29, 1.82) is 0 Å². The number of hydrogen-bond acceptors (Lipinski definition) is 4.